The van der Waals surface area contributed by atoms with Crippen molar-refractivity contribution in [1.29, 1.82) is 0 Å². The maximum absolute atomic E-state index is 12.2. The number of hydrogen-bond donors (Lipinski definition) is 1. The van der Waals surface area contributed by atoms with Gasteiger partial charge in [0.05, 0.1) is 13.1 Å². The van der Waals surface area contributed by atoms with Gasteiger partial charge in [-0.1, -0.05) is 0 Å². The zero-order chi connectivity index (χ0) is 14.6. The van der Waals surface area contributed by atoms with Gasteiger partial charge in [0.25, 0.3) is 0 Å². The van der Waals surface area contributed by atoms with Crippen LogP contribution in [0.1, 0.15) is 12.8 Å². The van der Waals surface area contributed by atoms with Crippen LogP contribution in [0.5, 0.6) is 0 Å². The Morgan fingerprint density at radius 1 is 1.26 bits per heavy atom. The maximum Gasteiger partial charge on any atom is 0.401 e. The number of likely N-dealkylation sites (tertiary alicyclic amines) is 1. The monoisotopic (exact) mass is 282 g/mol. The summed E-state index contributed by atoms with van der Waals surface area (Å²) in [4.78, 5) is 34.5. The molecule has 0 unspecified atom stereocenters. The van der Waals surface area contributed by atoms with Crippen molar-refractivity contribution in [3.63, 3.8) is 0 Å². The van der Waals surface area contributed by atoms with Crippen LogP contribution >= 0.6 is 0 Å². The van der Waals surface area contributed by atoms with Gasteiger partial charge in [-0.3, -0.25) is 24.2 Å². The summed E-state index contributed by atoms with van der Waals surface area (Å²) in [6.45, 7) is -2.73. The second kappa shape index (κ2) is 6.00. The average Bonchev–Trinajstić information content (AvgIpc) is 2.52. The highest BCUT2D eigenvalue weighted by atomic mass is 19.4. The van der Waals surface area contributed by atoms with E-state index in [1.807, 2.05) is 0 Å². The number of carboxylic acids is 1. The van der Waals surface area contributed by atoms with Gasteiger partial charge in [0.1, 0.15) is 0 Å². The number of imide groups is 1. The summed E-state index contributed by atoms with van der Waals surface area (Å²) >= 11 is 0. The van der Waals surface area contributed by atoms with Crippen molar-refractivity contribution in [2.75, 3.05) is 26.2 Å². The SMILES string of the molecule is O=C(O)CN(CCN1C(=O)CCC1=O)CC(F)(F)F. The first-order valence-electron chi connectivity index (χ1n) is 5.53. The number of halogens is 3. The molecule has 0 atom stereocenters. The summed E-state index contributed by atoms with van der Waals surface area (Å²) in [5, 5.41) is 8.52. The Balaban J connectivity index is 2.55. The molecule has 6 nitrogen and oxygen atoms in total. The quantitative estimate of drug-likeness (QED) is 0.698. The van der Waals surface area contributed by atoms with E-state index in [1.165, 1.54) is 0 Å². The van der Waals surface area contributed by atoms with E-state index in [0.717, 1.165) is 4.90 Å². The topological polar surface area (TPSA) is 77.9 Å². The van der Waals surface area contributed by atoms with Gasteiger partial charge in [-0.25, -0.2) is 0 Å². The number of amides is 2. The van der Waals surface area contributed by atoms with Gasteiger partial charge in [-0.2, -0.15) is 13.2 Å². The molecule has 108 valence electrons. The highest BCUT2D eigenvalue weighted by Crippen LogP contribution is 2.17. The fraction of sp³-hybridized carbons (Fsp3) is 0.700. The van der Waals surface area contributed by atoms with Crippen LogP contribution in [-0.4, -0.2) is 65.0 Å². The minimum atomic E-state index is -4.53. The molecule has 2 amide bonds. The van der Waals surface area contributed by atoms with Crippen LogP contribution in [0.15, 0.2) is 0 Å². The molecule has 0 aromatic carbocycles. The molecule has 0 aromatic rings. The Hall–Kier alpha value is -1.64. The highest BCUT2D eigenvalue weighted by Gasteiger charge is 2.33. The molecule has 1 rings (SSSR count). The number of carbonyl (C=O) groups is 3. The molecule has 19 heavy (non-hydrogen) atoms. The lowest BCUT2D eigenvalue weighted by atomic mass is 10.4. The second-order valence-electron chi connectivity index (χ2n) is 4.16. The lowest BCUT2D eigenvalue weighted by molar-refractivity contribution is -0.154. The van der Waals surface area contributed by atoms with Crippen LogP contribution < -0.4 is 0 Å². The smallest absolute Gasteiger partial charge is 0.401 e. The lowest BCUT2D eigenvalue weighted by Gasteiger charge is -2.24. The van der Waals surface area contributed by atoms with Crippen LogP contribution in [0.25, 0.3) is 0 Å². The summed E-state index contributed by atoms with van der Waals surface area (Å²) in [5.74, 6) is -2.28. The van der Waals surface area contributed by atoms with Gasteiger partial charge in [-0.05, 0) is 0 Å². The Kier molecular flexibility index (Phi) is 4.87. The zero-order valence-corrected chi connectivity index (χ0v) is 9.94. The first-order chi connectivity index (χ1) is 8.69. The van der Waals surface area contributed by atoms with Crippen molar-refractivity contribution in [2.45, 2.75) is 19.0 Å². The minimum absolute atomic E-state index is 0.0526. The van der Waals surface area contributed by atoms with Crippen molar-refractivity contribution in [3.8, 4) is 0 Å². The standard InChI is InChI=1S/C10H13F3N2O4/c11-10(12,13)6-14(5-9(18)19)3-4-15-7(16)1-2-8(15)17/h1-6H2,(H,18,19). The number of nitrogens with zero attached hydrogens (tertiary/aromatic N) is 2. The Morgan fingerprint density at radius 2 is 1.79 bits per heavy atom. The van der Waals surface area contributed by atoms with Crippen molar-refractivity contribution in [1.82, 2.24) is 9.80 Å². The van der Waals surface area contributed by atoms with Crippen LogP contribution in [0.4, 0.5) is 13.2 Å². The van der Waals surface area contributed by atoms with E-state index < -0.39 is 37.0 Å². The third-order valence-corrected chi connectivity index (χ3v) is 2.56. The van der Waals surface area contributed by atoms with Gasteiger partial charge in [0.15, 0.2) is 0 Å². The minimum Gasteiger partial charge on any atom is -0.480 e. The zero-order valence-electron chi connectivity index (χ0n) is 9.94. The number of carboxylic acid groups (broad SMARTS) is 1. The van der Waals surface area contributed by atoms with Gasteiger partial charge in [0, 0.05) is 25.9 Å². The Bertz CT molecular complexity index is 367. The summed E-state index contributed by atoms with van der Waals surface area (Å²) in [5.41, 5.74) is 0. The average molecular weight is 282 g/mol. The Morgan fingerprint density at radius 3 is 2.21 bits per heavy atom. The van der Waals surface area contributed by atoms with Crippen molar-refractivity contribution in [2.24, 2.45) is 0 Å². The number of hydrogen-bond acceptors (Lipinski definition) is 4. The predicted molar refractivity (Wildman–Crippen MR) is 56.1 cm³/mol. The van der Waals surface area contributed by atoms with Crippen LogP contribution in [-0.2, 0) is 14.4 Å². The fourth-order valence-corrected chi connectivity index (χ4v) is 1.77. The van der Waals surface area contributed by atoms with Gasteiger partial charge < -0.3 is 5.11 Å². The summed E-state index contributed by atoms with van der Waals surface area (Å²) in [6.07, 6.45) is -4.43. The predicted octanol–water partition coefficient (Wildman–Crippen LogP) is 0.0843. The summed E-state index contributed by atoms with van der Waals surface area (Å²) in [6, 6.07) is 0. The van der Waals surface area contributed by atoms with E-state index in [4.69, 9.17) is 5.11 Å². The largest absolute Gasteiger partial charge is 0.480 e. The number of alkyl halides is 3. The number of rotatable bonds is 6. The number of carbonyl (C=O) groups excluding carboxylic acids is 2. The molecule has 1 aliphatic heterocycles. The third-order valence-electron chi connectivity index (χ3n) is 2.56. The van der Waals surface area contributed by atoms with E-state index in [1.54, 1.807) is 0 Å². The molecule has 1 heterocycles. The third kappa shape index (κ3) is 5.25. The molecule has 1 N–H and O–H groups in total. The van der Waals surface area contributed by atoms with E-state index in [9.17, 15) is 27.6 Å². The van der Waals surface area contributed by atoms with E-state index >= 15 is 0 Å². The first kappa shape index (κ1) is 15.4. The second-order valence-corrected chi connectivity index (χ2v) is 4.16. The molecule has 0 aromatic heterocycles. The van der Waals surface area contributed by atoms with Gasteiger partial charge >= 0.3 is 12.1 Å². The van der Waals surface area contributed by atoms with Gasteiger partial charge in [-0.15, -0.1) is 0 Å². The van der Waals surface area contributed by atoms with Crippen LogP contribution in [0.2, 0.25) is 0 Å². The molecule has 0 bridgehead atoms. The molecule has 1 fully saturated rings. The van der Waals surface area contributed by atoms with E-state index in [-0.39, 0.29) is 25.9 Å². The molecule has 9 heteroatoms. The van der Waals surface area contributed by atoms with Crippen LogP contribution in [0, 0.1) is 0 Å². The number of aliphatic carboxylic acids is 1. The van der Waals surface area contributed by atoms with E-state index in [2.05, 4.69) is 0 Å². The van der Waals surface area contributed by atoms with Crippen molar-refractivity contribution < 1.29 is 32.7 Å². The summed E-state index contributed by atoms with van der Waals surface area (Å²) < 4.78 is 36.7. The summed E-state index contributed by atoms with van der Waals surface area (Å²) in [7, 11) is 0. The van der Waals surface area contributed by atoms with Crippen LogP contribution in [0.3, 0.4) is 0 Å². The molecule has 0 saturated carbocycles. The normalized spacial score (nSPS) is 16.5. The molecule has 0 radical (unpaired) electrons. The van der Waals surface area contributed by atoms with Crippen molar-refractivity contribution >= 4 is 17.8 Å². The molecular formula is C10H13F3N2O4. The lowest BCUT2D eigenvalue weighted by Crippen LogP contribution is -2.43. The molecule has 0 spiro atoms. The Labute approximate surface area is 106 Å². The van der Waals surface area contributed by atoms with Crippen molar-refractivity contribution in [3.05, 3.63) is 0 Å². The molecule has 1 aliphatic rings. The molecule has 0 aliphatic carbocycles. The molecule has 1 saturated heterocycles. The van der Waals surface area contributed by atoms with Gasteiger partial charge in [0.2, 0.25) is 11.8 Å². The highest BCUT2D eigenvalue weighted by molar-refractivity contribution is 6.01. The molecular weight excluding hydrogens is 269 g/mol. The first-order valence-corrected chi connectivity index (χ1v) is 5.53. The fourth-order valence-electron chi connectivity index (χ4n) is 1.77. The van der Waals surface area contributed by atoms with E-state index in [0.29, 0.717) is 4.90 Å². The maximum atomic E-state index is 12.2.